The molecule has 1 N–H and O–H groups in total. The minimum Gasteiger partial charge on any atom is -0.372 e. The van der Waals surface area contributed by atoms with Crippen molar-refractivity contribution in [2.75, 3.05) is 30.1 Å². The molecule has 0 radical (unpaired) electrons. The van der Waals surface area contributed by atoms with Gasteiger partial charge in [0.15, 0.2) is 4.34 Å². The summed E-state index contributed by atoms with van der Waals surface area (Å²) in [6.45, 7) is 3.95. The Kier molecular flexibility index (Phi) is 7.66. The number of nitro groups is 1. The Labute approximate surface area is 217 Å². The van der Waals surface area contributed by atoms with E-state index in [9.17, 15) is 14.9 Å². The zero-order valence-electron chi connectivity index (χ0n) is 20.3. The molecule has 0 unspecified atom stereocenters. The van der Waals surface area contributed by atoms with Gasteiger partial charge in [-0.15, -0.1) is 11.3 Å². The minimum atomic E-state index is -0.391. The first-order chi connectivity index (χ1) is 17.2. The van der Waals surface area contributed by atoms with Crippen LogP contribution in [-0.2, 0) is 4.79 Å². The molecule has 3 aromatic carbocycles. The van der Waals surface area contributed by atoms with Crippen molar-refractivity contribution in [3.8, 4) is 0 Å². The van der Waals surface area contributed by atoms with Crippen LogP contribution in [0.2, 0.25) is 0 Å². The van der Waals surface area contributed by atoms with Gasteiger partial charge in [-0.05, 0) is 54.8 Å². The number of thioether (sulfide) groups is 1. The fourth-order valence-electron chi connectivity index (χ4n) is 3.64. The Balaban J connectivity index is 1.44. The minimum absolute atomic E-state index is 0.0325. The van der Waals surface area contributed by atoms with E-state index in [4.69, 9.17) is 0 Å². The third kappa shape index (κ3) is 5.89. The van der Waals surface area contributed by atoms with Crippen LogP contribution < -0.4 is 10.2 Å². The maximum atomic E-state index is 12.5. The number of hydrogen-bond acceptors (Lipinski definition) is 8. The van der Waals surface area contributed by atoms with Crippen LogP contribution in [0.25, 0.3) is 10.2 Å². The van der Waals surface area contributed by atoms with E-state index >= 15 is 0 Å². The lowest BCUT2D eigenvalue weighted by Crippen LogP contribution is -2.15. The highest BCUT2D eigenvalue weighted by Gasteiger charge is 2.15. The zero-order chi connectivity index (χ0) is 25.8. The second-order valence-corrected chi connectivity index (χ2v) is 10.6. The summed E-state index contributed by atoms with van der Waals surface area (Å²) >= 11 is 2.90. The van der Waals surface area contributed by atoms with E-state index in [0.717, 1.165) is 37.1 Å². The molecule has 0 spiro atoms. The van der Waals surface area contributed by atoms with Gasteiger partial charge in [-0.1, -0.05) is 36.0 Å². The highest BCUT2D eigenvalue weighted by Crippen LogP contribution is 2.32. The number of aryl methyl sites for hydroxylation is 2. The van der Waals surface area contributed by atoms with Gasteiger partial charge in [0, 0.05) is 32.1 Å². The zero-order valence-corrected chi connectivity index (χ0v) is 21.9. The van der Waals surface area contributed by atoms with Gasteiger partial charge in [0.2, 0.25) is 5.91 Å². The summed E-state index contributed by atoms with van der Waals surface area (Å²) in [5.74, 6) is 0.191. The van der Waals surface area contributed by atoms with Crippen molar-refractivity contribution >= 4 is 68.2 Å². The summed E-state index contributed by atoms with van der Waals surface area (Å²) in [7, 11) is 3.54. The number of rotatable bonds is 8. The van der Waals surface area contributed by atoms with Gasteiger partial charge in [0.25, 0.3) is 5.69 Å². The van der Waals surface area contributed by atoms with Crippen LogP contribution in [0.3, 0.4) is 0 Å². The molecule has 0 fully saturated rings. The molecule has 1 aromatic heterocycles. The molecular weight excluding hydrogens is 494 g/mol. The lowest BCUT2D eigenvalue weighted by molar-refractivity contribution is -0.384. The standard InChI is InChI=1S/C26H25N5O3S2/c1-16-6-5-7-17(2)25(16)29-24(32)15-35-26-28-20-10-9-19(13-23(20)36-26)27-14-18-8-11-21(30(3)4)22(12-18)31(33)34/h5-14H,15H2,1-4H3,(H,29,32). The van der Waals surface area contributed by atoms with Crippen molar-refractivity contribution < 1.29 is 9.72 Å². The molecule has 0 bridgehead atoms. The lowest BCUT2D eigenvalue weighted by Gasteiger charge is -2.12. The first-order valence-corrected chi connectivity index (χ1v) is 12.9. The van der Waals surface area contributed by atoms with Gasteiger partial charge in [0.1, 0.15) is 5.69 Å². The summed E-state index contributed by atoms with van der Waals surface area (Å²) in [6, 6.07) is 16.6. The fourth-order valence-corrected chi connectivity index (χ4v) is 5.54. The molecule has 0 aliphatic heterocycles. The largest absolute Gasteiger partial charge is 0.372 e. The van der Waals surface area contributed by atoms with Gasteiger partial charge in [-0.2, -0.15) is 0 Å². The van der Waals surface area contributed by atoms with Gasteiger partial charge in [-0.3, -0.25) is 19.9 Å². The molecule has 10 heteroatoms. The molecule has 4 rings (SSSR count). The van der Waals surface area contributed by atoms with E-state index in [1.807, 2.05) is 50.2 Å². The topological polar surface area (TPSA) is 101 Å². The Morgan fingerprint density at radius 2 is 1.92 bits per heavy atom. The smallest absolute Gasteiger partial charge is 0.293 e. The number of thiazole rings is 1. The average molecular weight is 520 g/mol. The molecule has 0 saturated carbocycles. The molecule has 0 aliphatic carbocycles. The molecule has 1 heterocycles. The summed E-state index contributed by atoms with van der Waals surface area (Å²) in [5, 5.41) is 14.4. The van der Waals surface area contributed by atoms with Gasteiger partial charge < -0.3 is 10.2 Å². The van der Waals surface area contributed by atoms with Crippen LogP contribution in [0, 0.1) is 24.0 Å². The number of carbonyl (C=O) groups is 1. The predicted octanol–water partition coefficient (Wildman–Crippen LogP) is 6.37. The van der Waals surface area contributed by atoms with Crippen LogP contribution in [0.5, 0.6) is 0 Å². The summed E-state index contributed by atoms with van der Waals surface area (Å²) in [6.07, 6.45) is 1.61. The van der Waals surface area contributed by atoms with Crippen LogP contribution in [0.15, 0.2) is 63.9 Å². The van der Waals surface area contributed by atoms with Gasteiger partial charge in [-0.25, -0.2) is 4.98 Å². The molecule has 36 heavy (non-hydrogen) atoms. The molecule has 4 aromatic rings. The average Bonchev–Trinajstić information content (AvgIpc) is 3.26. The highest BCUT2D eigenvalue weighted by molar-refractivity contribution is 8.01. The molecule has 8 nitrogen and oxygen atoms in total. The molecule has 0 saturated heterocycles. The van der Waals surface area contributed by atoms with Crippen molar-refractivity contribution in [2.24, 2.45) is 4.99 Å². The lowest BCUT2D eigenvalue weighted by atomic mass is 10.1. The van der Waals surface area contributed by atoms with E-state index in [0.29, 0.717) is 11.3 Å². The second kappa shape index (κ2) is 10.9. The van der Waals surface area contributed by atoms with Crippen molar-refractivity contribution in [1.82, 2.24) is 4.98 Å². The number of nitro benzene ring substituents is 1. The number of benzene rings is 3. The fraction of sp³-hybridized carbons (Fsp3) is 0.192. The number of nitrogens with one attached hydrogen (secondary N) is 1. The van der Waals surface area contributed by atoms with Crippen molar-refractivity contribution in [3.63, 3.8) is 0 Å². The first kappa shape index (κ1) is 25.3. The Bertz CT molecular complexity index is 1460. The number of aromatic nitrogens is 1. The molecular formula is C26H25N5O3S2. The maximum Gasteiger partial charge on any atom is 0.293 e. The van der Waals surface area contributed by atoms with Gasteiger partial charge >= 0.3 is 0 Å². The highest BCUT2D eigenvalue weighted by atomic mass is 32.2. The number of para-hydroxylation sites is 1. The molecule has 1 amide bonds. The normalized spacial score (nSPS) is 11.2. The number of hydrogen-bond donors (Lipinski definition) is 1. The van der Waals surface area contributed by atoms with Crippen LogP contribution in [-0.4, -0.2) is 41.9 Å². The number of fused-ring (bicyclic) bond motifs is 1. The van der Waals surface area contributed by atoms with E-state index < -0.39 is 4.92 Å². The van der Waals surface area contributed by atoms with E-state index in [1.165, 1.54) is 29.2 Å². The van der Waals surface area contributed by atoms with E-state index in [2.05, 4.69) is 15.3 Å². The first-order valence-electron chi connectivity index (χ1n) is 11.1. The number of carbonyl (C=O) groups excluding carboxylic acids is 1. The number of aliphatic imine (C=N–C) groups is 1. The SMILES string of the molecule is Cc1cccc(C)c1NC(=O)CSc1nc2ccc(N=Cc3ccc(N(C)C)c([N+](=O)[O-])c3)cc2s1. The molecule has 184 valence electrons. The van der Waals surface area contributed by atoms with Crippen molar-refractivity contribution in [2.45, 2.75) is 18.2 Å². The Morgan fingerprint density at radius 1 is 1.17 bits per heavy atom. The van der Waals surface area contributed by atoms with Crippen LogP contribution >= 0.6 is 23.1 Å². The Morgan fingerprint density at radius 3 is 2.61 bits per heavy atom. The maximum absolute atomic E-state index is 12.5. The second-order valence-electron chi connectivity index (χ2n) is 8.39. The van der Waals surface area contributed by atoms with E-state index in [1.54, 1.807) is 37.3 Å². The van der Waals surface area contributed by atoms with Gasteiger partial charge in [0.05, 0.1) is 26.6 Å². The van der Waals surface area contributed by atoms with Crippen LogP contribution in [0.1, 0.15) is 16.7 Å². The number of amides is 1. The summed E-state index contributed by atoms with van der Waals surface area (Å²) in [5.41, 5.74) is 5.69. The Hall–Kier alpha value is -3.76. The summed E-state index contributed by atoms with van der Waals surface area (Å²) < 4.78 is 1.76. The number of nitrogens with zero attached hydrogens (tertiary/aromatic N) is 4. The number of anilines is 2. The van der Waals surface area contributed by atoms with Crippen molar-refractivity contribution in [1.29, 1.82) is 0 Å². The predicted molar refractivity (Wildman–Crippen MR) is 150 cm³/mol. The summed E-state index contributed by atoms with van der Waals surface area (Å²) in [4.78, 5) is 34.3. The third-order valence-corrected chi connectivity index (χ3v) is 7.63. The molecule has 0 aliphatic rings. The monoisotopic (exact) mass is 519 g/mol. The third-order valence-electron chi connectivity index (χ3n) is 5.47. The quantitative estimate of drug-likeness (QED) is 0.126. The molecule has 0 atom stereocenters. The van der Waals surface area contributed by atoms with Crippen LogP contribution in [0.4, 0.5) is 22.7 Å². The van der Waals surface area contributed by atoms with Crippen molar-refractivity contribution in [3.05, 3.63) is 81.4 Å². The van der Waals surface area contributed by atoms with E-state index in [-0.39, 0.29) is 17.3 Å².